The Morgan fingerprint density at radius 1 is 1.26 bits per heavy atom. The van der Waals surface area contributed by atoms with Gasteiger partial charge in [-0.2, -0.15) is 0 Å². The summed E-state index contributed by atoms with van der Waals surface area (Å²) in [5, 5.41) is 5.52. The highest BCUT2D eigenvalue weighted by Crippen LogP contribution is 2.32. The maximum atomic E-state index is 13.1. The number of amides is 4. The molecule has 4 rings (SSSR count). The maximum Gasteiger partial charge on any atom is 0.322 e. The van der Waals surface area contributed by atoms with Gasteiger partial charge in [0.2, 0.25) is 0 Å². The van der Waals surface area contributed by atoms with Gasteiger partial charge in [0.05, 0.1) is 20.2 Å². The number of fused-ring (bicyclic) bond motifs is 1. The highest BCUT2D eigenvalue weighted by Gasteiger charge is 2.50. The first-order valence-electron chi connectivity index (χ1n) is 10.6. The number of benzene rings is 2. The van der Waals surface area contributed by atoms with E-state index in [9.17, 15) is 14.4 Å². The van der Waals surface area contributed by atoms with Crippen molar-refractivity contribution in [2.24, 2.45) is 10.7 Å². The van der Waals surface area contributed by atoms with Crippen LogP contribution in [0.3, 0.4) is 0 Å². The molecular formula is C24H25N5O4S. The molecule has 1 atom stereocenters. The summed E-state index contributed by atoms with van der Waals surface area (Å²) < 4.78 is 5.23. The molecule has 0 radical (unpaired) electrons. The Kier molecular flexibility index (Phi) is 6.60. The van der Waals surface area contributed by atoms with E-state index in [1.807, 2.05) is 18.2 Å². The van der Waals surface area contributed by atoms with Crippen molar-refractivity contribution in [3.8, 4) is 5.75 Å². The molecule has 0 aliphatic carbocycles. The first-order chi connectivity index (χ1) is 16.4. The molecular weight excluding hydrogens is 454 g/mol. The van der Waals surface area contributed by atoms with Crippen LogP contribution in [-0.4, -0.2) is 47.3 Å². The van der Waals surface area contributed by atoms with Crippen molar-refractivity contribution in [1.82, 2.24) is 15.5 Å². The molecule has 2 aliphatic heterocycles. The van der Waals surface area contributed by atoms with E-state index in [1.165, 1.54) is 18.9 Å². The van der Waals surface area contributed by atoms with Crippen molar-refractivity contribution in [3.05, 3.63) is 77.4 Å². The zero-order valence-corrected chi connectivity index (χ0v) is 19.5. The van der Waals surface area contributed by atoms with Crippen molar-refractivity contribution in [2.75, 3.05) is 19.4 Å². The fraction of sp³-hybridized carbons (Fsp3) is 0.250. The normalized spacial score (nSPS) is 19.6. The van der Waals surface area contributed by atoms with Gasteiger partial charge in [-0.15, -0.1) is 6.58 Å². The first kappa shape index (κ1) is 23.4. The van der Waals surface area contributed by atoms with E-state index in [0.717, 1.165) is 11.1 Å². The van der Waals surface area contributed by atoms with Crippen molar-refractivity contribution in [1.29, 1.82) is 0 Å². The van der Waals surface area contributed by atoms with Crippen LogP contribution in [-0.2, 0) is 23.4 Å². The van der Waals surface area contributed by atoms with Gasteiger partial charge in [-0.25, -0.2) is 4.79 Å². The minimum atomic E-state index is -1.40. The van der Waals surface area contributed by atoms with E-state index in [2.05, 4.69) is 22.2 Å². The van der Waals surface area contributed by atoms with Crippen LogP contribution in [0.25, 0.3) is 0 Å². The predicted octanol–water partition coefficient (Wildman–Crippen LogP) is 2.12. The van der Waals surface area contributed by atoms with Gasteiger partial charge in [0.15, 0.2) is 10.7 Å². The topological polar surface area (TPSA) is 126 Å². The number of thioether (sulfide) groups is 1. The van der Waals surface area contributed by atoms with Crippen LogP contribution >= 0.6 is 11.8 Å². The van der Waals surface area contributed by atoms with E-state index in [0.29, 0.717) is 40.9 Å². The smallest absolute Gasteiger partial charge is 0.322 e. The molecule has 4 amide bonds. The highest BCUT2D eigenvalue weighted by atomic mass is 32.2. The van der Waals surface area contributed by atoms with Gasteiger partial charge in [-0.05, 0) is 28.8 Å². The Hall–Kier alpha value is -3.79. The minimum Gasteiger partial charge on any atom is -0.497 e. The van der Waals surface area contributed by atoms with Crippen LogP contribution in [0.1, 0.15) is 27.0 Å². The number of hydrogen-bond donors (Lipinski definition) is 3. The average molecular weight is 480 g/mol. The number of nitrogens with one attached hydrogen (secondary N) is 2. The molecule has 2 aliphatic rings. The zero-order chi connectivity index (χ0) is 24.3. The Labute approximate surface area is 201 Å². The number of imide groups is 1. The summed E-state index contributed by atoms with van der Waals surface area (Å²) in [6.45, 7) is 4.35. The predicted molar refractivity (Wildman–Crippen MR) is 131 cm³/mol. The molecule has 9 nitrogen and oxygen atoms in total. The monoisotopic (exact) mass is 479 g/mol. The number of ether oxygens (including phenoxy) is 1. The van der Waals surface area contributed by atoms with E-state index in [4.69, 9.17) is 10.5 Å². The quantitative estimate of drug-likeness (QED) is 0.230. The number of aliphatic imine (C=N–C) groups is 1. The number of rotatable bonds is 8. The Morgan fingerprint density at radius 3 is 2.68 bits per heavy atom. The second-order valence-corrected chi connectivity index (χ2v) is 8.99. The zero-order valence-electron chi connectivity index (χ0n) is 18.7. The second kappa shape index (κ2) is 9.60. The van der Waals surface area contributed by atoms with E-state index >= 15 is 0 Å². The molecule has 1 unspecified atom stereocenters. The lowest BCUT2D eigenvalue weighted by Gasteiger charge is -2.31. The second-order valence-electron chi connectivity index (χ2n) is 7.95. The van der Waals surface area contributed by atoms with Gasteiger partial charge in [0, 0.05) is 17.9 Å². The number of nitrogens with zero attached hydrogens (tertiary/aromatic N) is 2. The number of hydrogen-bond acceptors (Lipinski definition) is 6. The SMILES string of the molecule is C=CCSC(N)=NCc1ccc(C2(CN3Cc4ccc(OC)cc4C3=O)NC(=O)NC2=O)cc1. The lowest BCUT2D eigenvalue weighted by molar-refractivity contribution is -0.124. The molecule has 1 fully saturated rings. The Balaban J connectivity index is 1.57. The third kappa shape index (κ3) is 4.49. The molecule has 1 saturated heterocycles. The summed E-state index contributed by atoms with van der Waals surface area (Å²) in [4.78, 5) is 44.1. The van der Waals surface area contributed by atoms with E-state index in [1.54, 1.807) is 35.2 Å². The van der Waals surface area contributed by atoms with Crippen LogP contribution in [0.2, 0.25) is 0 Å². The Bertz CT molecular complexity index is 1180. The van der Waals surface area contributed by atoms with E-state index < -0.39 is 17.5 Å². The molecule has 2 aromatic rings. The fourth-order valence-electron chi connectivity index (χ4n) is 4.03. The van der Waals surface area contributed by atoms with E-state index in [-0.39, 0.29) is 12.5 Å². The van der Waals surface area contributed by atoms with Gasteiger partial charge < -0.3 is 20.7 Å². The van der Waals surface area contributed by atoms with Gasteiger partial charge in [0.25, 0.3) is 11.8 Å². The van der Waals surface area contributed by atoms with Crippen LogP contribution in [0.4, 0.5) is 4.79 Å². The number of methoxy groups -OCH3 is 1. The van der Waals surface area contributed by atoms with Crippen molar-refractivity contribution < 1.29 is 19.1 Å². The van der Waals surface area contributed by atoms with Gasteiger partial charge in [-0.3, -0.25) is 19.9 Å². The molecule has 4 N–H and O–H groups in total. The molecule has 34 heavy (non-hydrogen) atoms. The molecule has 2 aromatic carbocycles. The van der Waals surface area contributed by atoms with Crippen molar-refractivity contribution in [2.45, 2.75) is 18.6 Å². The van der Waals surface area contributed by atoms with Crippen LogP contribution in [0, 0.1) is 0 Å². The number of carbonyl (C=O) groups is 3. The third-order valence-electron chi connectivity index (χ3n) is 5.78. The Morgan fingerprint density at radius 2 is 2.03 bits per heavy atom. The summed E-state index contributed by atoms with van der Waals surface area (Å²) in [5.74, 6) is 0.532. The molecule has 176 valence electrons. The number of nitrogens with two attached hydrogens (primary N) is 1. The molecule has 0 aromatic heterocycles. The van der Waals surface area contributed by atoms with Crippen molar-refractivity contribution in [3.63, 3.8) is 0 Å². The van der Waals surface area contributed by atoms with Crippen molar-refractivity contribution >= 4 is 34.8 Å². The molecule has 2 heterocycles. The first-order valence-corrected chi connectivity index (χ1v) is 11.6. The standard InChI is InChI=1S/C24H25N5O4S/c1-3-10-34-22(25)26-12-15-4-7-17(8-5-15)24(21(31)27-23(32)28-24)14-29-13-16-6-9-18(33-2)11-19(16)20(29)30/h3-9,11H,1,10,12-14H2,2H3,(H2,25,26)(H2,27,28,31,32). The van der Waals surface area contributed by atoms with Gasteiger partial charge >= 0.3 is 6.03 Å². The number of urea groups is 1. The minimum absolute atomic E-state index is 0.0109. The molecule has 0 saturated carbocycles. The average Bonchev–Trinajstić information content (AvgIpc) is 3.31. The van der Waals surface area contributed by atoms with Gasteiger partial charge in [-0.1, -0.05) is 48.2 Å². The third-order valence-corrected chi connectivity index (χ3v) is 6.61. The van der Waals surface area contributed by atoms with Crippen LogP contribution in [0.15, 0.2) is 60.1 Å². The molecule has 10 heteroatoms. The molecule has 0 spiro atoms. The lowest BCUT2D eigenvalue weighted by atomic mass is 9.88. The summed E-state index contributed by atoms with van der Waals surface area (Å²) in [7, 11) is 1.54. The summed E-state index contributed by atoms with van der Waals surface area (Å²) in [5.41, 5.74) is 7.29. The molecule has 0 bridgehead atoms. The highest BCUT2D eigenvalue weighted by molar-refractivity contribution is 8.13. The maximum absolute atomic E-state index is 13.1. The summed E-state index contributed by atoms with van der Waals surface area (Å²) >= 11 is 1.40. The van der Waals surface area contributed by atoms with Crippen LogP contribution < -0.4 is 21.1 Å². The van der Waals surface area contributed by atoms with Gasteiger partial charge in [0.1, 0.15) is 5.75 Å². The van der Waals surface area contributed by atoms with Crippen LogP contribution in [0.5, 0.6) is 5.75 Å². The number of amidine groups is 1. The lowest BCUT2D eigenvalue weighted by Crippen LogP contribution is -2.52. The fourth-order valence-corrected chi connectivity index (χ4v) is 4.48. The number of carbonyl (C=O) groups excluding carboxylic acids is 3. The summed E-state index contributed by atoms with van der Waals surface area (Å²) in [6.07, 6.45) is 1.75. The largest absolute Gasteiger partial charge is 0.497 e. The summed E-state index contributed by atoms with van der Waals surface area (Å²) in [6, 6.07) is 11.9.